The van der Waals surface area contributed by atoms with Crippen LogP contribution in [-0.4, -0.2) is 43.0 Å². The Morgan fingerprint density at radius 2 is 2.20 bits per heavy atom. The van der Waals surface area contributed by atoms with Gasteiger partial charge in [-0.2, -0.15) is 0 Å². The second-order valence-electron chi connectivity index (χ2n) is 5.07. The molecule has 1 saturated carbocycles. The summed E-state index contributed by atoms with van der Waals surface area (Å²) in [6.07, 6.45) is 2.15. The number of carbonyl (C=O) groups excluding carboxylic acids is 1. The molecule has 0 bridgehead atoms. The molecule has 0 amide bonds. The molecule has 1 aromatic rings. The summed E-state index contributed by atoms with van der Waals surface area (Å²) >= 11 is 0. The summed E-state index contributed by atoms with van der Waals surface area (Å²) in [5.74, 6) is 0.498. The normalized spacial score (nSPS) is 15.1. The maximum absolute atomic E-state index is 11.7. The lowest BCUT2D eigenvalue weighted by Gasteiger charge is -2.11. The number of aliphatic imine (C=N–C) groups is 1. The molecule has 1 aliphatic rings. The van der Waals surface area contributed by atoms with Gasteiger partial charge in [0.05, 0.1) is 30.6 Å². The SMILES string of the molecule is COC(=O)c1ccc(CN=C(N)N(C)C)nc1C1CC1. The second kappa shape index (κ2) is 5.90. The monoisotopic (exact) mass is 276 g/mol. The minimum Gasteiger partial charge on any atom is -0.465 e. The molecule has 1 aliphatic carbocycles. The van der Waals surface area contributed by atoms with Crippen molar-refractivity contribution in [3.63, 3.8) is 0 Å². The van der Waals surface area contributed by atoms with Gasteiger partial charge in [0, 0.05) is 20.0 Å². The summed E-state index contributed by atoms with van der Waals surface area (Å²) in [4.78, 5) is 22.3. The Balaban J connectivity index is 2.22. The second-order valence-corrected chi connectivity index (χ2v) is 5.07. The number of carbonyl (C=O) groups is 1. The van der Waals surface area contributed by atoms with E-state index in [1.165, 1.54) is 7.11 Å². The van der Waals surface area contributed by atoms with Gasteiger partial charge in [-0.3, -0.25) is 4.98 Å². The van der Waals surface area contributed by atoms with Gasteiger partial charge >= 0.3 is 5.97 Å². The molecule has 2 rings (SSSR count). The van der Waals surface area contributed by atoms with E-state index in [9.17, 15) is 4.79 Å². The lowest BCUT2D eigenvalue weighted by atomic mass is 10.1. The molecule has 0 unspecified atom stereocenters. The first-order chi connectivity index (χ1) is 9.52. The highest BCUT2D eigenvalue weighted by Gasteiger charge is 2.30. The molecule has 108 valence electrons. The summed E-state index contributed by atoms with van der Waals surface area (Å²) in [7, 11) is 5.06. The maximum atomic E-state index is 11.7. The Kier molecular flexibility index (Phi) is 4.22. The van der Waals surface area contributed by atoms with Gasteiger partial charge in [0.1, 0.15) is 0 Å². The first-order valence-corrected chi connectivity index (χ1v) is 6.58. The number of aromatic nitrogens is 1. The topological polar surface area (TPSA) is 80.8 Å². The van der Waals surface area contributed by atoms with Gasteiger partial charge in [-0.05, 0) is 25.0 Å². The zero-order valence-electron chi connectivity index (χ0n) is 12.1. The van der Waals surface area contributed by atoms with Crippen LogP contribution in [0.25, 0.3) is 0 Å². The van der Waals surface area contributed by atoms with Gasteiger partial charge in [-0.25, -0.2) is 9.79 Å². The number of esters is 1. The summed E-state index contributed by atoms with van der Waals surface area (Å²) in [5, 5.41) is 0. The number of nitrogens with zero attached hydrogens (tertiary/aromatic N) is 3. The molecule has 1 fully saturated rings. The fraction of sp³-hybridized carbons (Fsp3) is 0.500. The Hall–Kier alpha value is -2.11. The molecule has 0 spiro atoms. The Morgan fingerprint density at radius 1 is 1.50 bits per heavy atom. The number of hydrogen-bond donors (Lipinski definition) is 1. The average molecular weight is 276 g/mol. The standard InChI is InChI=1S/C14H20N4O2/c1-18(2)14(15)16-8-10-6-7-11(13(19)20-3)12(17-10)9-4-5-9/h6-7,9H,4-5,8H2,1-3H3,(H2,15,16). The van der Waals surface area contributed by atoms with Crippen LogP contribution in [0.3, 0.4) is 0 Å². The smallest absolute Gasteiger partial charge is 0.339 e. The molecule has 0 atom stereocenters. The molecule has 6 nitrogen and oxygen atoms in total. The third-order valence-corrected chi connectivity index (χ3v) is 3.21. The Labute approximate surface area is 118 Å². The van der Waals surface area contributed by atoms with Gasteiger partial charge < -0.3 is 15.4 Å². The number of guanidine groups is 1. The fourth-order valence-electron chi connectivity index (χ4n) is 1.86. The van der Waals surface area contributed by atoms with E-state index in [1.54, 1.807) is 17.0 Å². The summed E-state index contributed by atoms with van der Waals surface area (Å²) in [5.41, 5.74) is 7.94. The van der Waals surface area contributed by atoms with E-state index in [1.807, 2.05) is 14.1 Å². The van der Waals surface area contributed by atoms with Crippen molar-refractivity contribution < 1.29 is 9.53 Å². The van der Waals surface area contributed by atoms with Gasteiger partial charge in [0.25, 0.3) is 0 Å². The quantitative estimate of drug-likeness (QED) is 0.506. The van der Waals surface area contributed by atoms with Crippen LogP contribution in [0.15, 0.2) is 17.1 Å². The zero-order valence-corrected chi connectivity index (χ0v) is 12.1. The molecular weight excluding hydrogens is 256 g/mol. The number of methoxy groups -OCH3 is 1. The fourth-order valence-corrected chi connectivity index (χ4v) is 1.86. The van der Waals surface area contributed by atoms with Gasteiger partial charge in [-0.1, -0.05) is 0 Å². The highest BCUT2D eigenvalue weighted by Crippen LogP contribution is 2.40. The number of pyridine rings is 1. The molecule has 1 aromatic heterocycles. The maximum Gasteiger partial charge on any atom is 0.339 e. The van der Waals surface area contributed by atoms with Crippen molar-refractivity contribution in [2.75, 3.05) is 21.2 Å². The first-order valence-electron chi connectivity index (χ1n) is 6.58. The summed E-state index contributed by atoms with van der Waals surface area (Å²) < 4.78 is 4.79. The van der Waals surface area contributed by atoms with E-state index >= 15 is 0 Å². The molecule has 0 aromatic carbocycles. The van der Waals surface area contributed by atoms with Gasteiger partial charge in [0.2, 0.25) is 0 Å². The molecular formula is C14H20N4O2. The molecule has 20 heavy (non-hydrogen) atoms. The van der Waals surface area contributed by atoms with Crippen LogP contribution in [0.2, 0.25) is 0 Å². The number of hydrogen-bond acceptors (Lipinski definition) is 4. The largest absolute Gasteiger partial charge is 0.465 e. The molecule has 0 saturated heterocycles. The number of ether oxygens (including phenoxy) is 1. The van der Waals surface area contributed by atoms with Crippen molar-refractivity contribution in [1.82, 2.24) is 9.88 Å². The van der Waals surface area contributed by atoms with E-state index in [0.29, 0.717) is 24.0 Å². The third-order valence-electron chi connectivity index (χ3n) is 3.21. The van der Waals surface area contributed by atoms with Crippen molar-refractivity contribution >= 4 is 11.9 Å². The minimum atomic E-state index is -0.331. The van der Waals surface area contributed by atoms with E-state index in [4.69, 9.17) is 10.5 Å². The average Bonchev–Trinajstić information content (AvgIpc) is 3.28. The van der Waals surface area contributed by atoms with E-state index in [-0.39, 0.29) is 5.97 Å². The van der Waals surface area contributed by atoms with Crippen LogP contribution in [0.5, 0.6) is 0 Å². The lowest BCUT2D eigenvalue weighted by molar-refractivity contribution is 0.0598. The Morgan fingerprint density at radius 3 is 2.75 bits per heavy atom. The zero-order chi connectivity index (χ0) is 14.7. The molecule has 1 heterocycles. The number of rotatable bonds is 4. The Bertz CT molecular complexity index is 536. The van der Waals surface area contributed by atoms with Crippen molar-refractivity contribution in [3.05, 3.63) is 29.1 Å². The molecule has 6 heteroatoms. The van der Waals surface area contributed by atoms with E-state index < -0.39 is 0 Å². The highest BCUT2D eigenvalue weighted by molar-refractivity contribution is 5.90. The molecule has 0 radical (unpaired) electrons. The molecule has 0 aliphatic heterocycles. The van der Waals surface area contributed by atoms with Crippen molar-refractivity contribution in [2.45, 2.75) is 25.3 Å². The van der Waals surface area contributed by atoms with Crippen LogP contribution < -0.4 is 5.73 Å². The minimum absolute atomic E-state index is 0.331. The summed E-state index contributed by atoms with van der Waals surface area (Å²) in [6.45, 7) is 0.408. The van der Waals surface area contributed by atoms with Crippen LogP contribution >= 0.6 is 0 Å². The van der Waals surface area contributed by atoms with E-state index in [2.05, 4.69) is 9.98 Å². The third kappa shape index (κ3) is 3.26. The molecule has 2 N–H and O–H groups in total. The number of nitrogens with two attached hydrogens (primary N) is 1. The predicted molar refractivity (Wildman–Crippen MR) is 76.6 cm³/mol. The summed E-state index contributed by atoms with van der Waals surface area (Å²) in [6, 6.07) is 3.56. The lowest BCUT2D eigenvalue weighted by Crippen LogP contribution is -2.30. The predicted octanol–water partition coefficient (Wildman–Crippen LogP) is 1.12. The van der Waals surface area contributed by atoms with Crippen LogP contribution in [0.4, 0.5) is 0 Å². The van der Waals surface area contributed by atoms with Crippen molar-refractivity contribution in [3.8, 4) is 0 Å². The highest BCUT2D eigenvalue weighted by atomic mass is 16.5. The van der Waals surface area contributed by atoms with Crippen molar-refractivity contribution in [2.24, 2.45) is 10.7 Å². The van der Waals surface area contributed by atoms with Gasteiger partial charge in [0.15, 0.2) is 5.96 Å². The van der Waals surface area contributed by atoms with Gasteiger partial charge in [-0.15, -0.1) is 0 Å². The van der Waals surface area contributed by atoms with Crippen molar-refractivity contribution in [1.29, 1.82) is 0 Å². The van der Waals surface area contributed by atoms with Crippen LogP contribution in [0, 0.1) is 0 Å². The van der Waals surface area contributed by atoms with Crippen LogP contribution in [0.1, 0.15) is 40.5 Å². The van der Waals surface area contributed by atoms with Crippen LogP contribution in [-0.2, 0) is 11.3 Å². The first kappa shape index (κ1) is 14.3. The van der Waals surface area contributed by atoms with E-state index in [0.717, 1.165) is 24.2 Å².